The van der Waals surface area contributed by atoms with Gasteiger partial charge in [0.15, 0.2) is 11.5 Å². The second-order valence-electron chi connectivity index (χ2n) is 5.18. The Morgan fingerprint density at radius 1 is 1.17 bits per heavy atom. The average Bonchev–Trinajstić information content (AvgIpc) is 2.86. The van der Waals surface area contributed by atoms with Crippen LogP contribution in [0.25, 0.3) is 0 Å². The number of methoxy groups -OCH3 is 2. The number of fused-ring (bicyclic) bond motifs is 1. The Labute approximate surface area is 133 Å². The number of esters is 1. The van der Waals surface area contributed by atoms with Gasteiger partial charge in [0.05, 0.1) is 19.9 Å². The normalized spacial score (nSPS) is 15.8. The van der Waals surface area contributed by atoms with E-state index in [1.165, 1.54) is 20.3 Å². The van der Waals surface area contributed by atoms with Crippen molar-refractivity contribution in [2.45, 2.75) is 13.2 Å². The zero-order valence-corrected chi connectivity index (χ0v) is 13.0. The van der Waals surface area contributed by atoms with Gasteiger partial charge in [-0.3, -0.25) is 0 Å². The largest absolute Gasteiger partial charge is 0.493 e. The lowest BCUT2D eigenvalue weighted by Gasteiger charge is -2.16. The van der Waals surface area contributed by atoms with Gasteiger partial charge in [0.25, 0.3) is 0 Å². The van der Waals surface area contributed by atoms with Gasteiger partial charge < -0.3 is 19.5 Å². The third-order valence-electron chi connectivity index (χ3n) is 3.70. The molecule has 1 heterocycles. The zero-order valence-electron chi connectivity index (χ0n) is 13.0. The van der Waals surface area contributed by atoms with Crippen LogP contribution in [0, 0.1) is 12.7 Å². The summed E-state index contributed by atoms with van der Waals surface area (Å²) in [5, 5.41) is 2.91. The Kier molecular flexibility index (Phi) is 3.82. The predicted octanol–water partition coefficient (Wildman–Crippen LogP) is 3.43. The first kappa shape index (κ1) is 15.1. The van der Waals surface area contributed by atoms with Crippen molar-refractivity contribution in [3.63, 3.8) is 0 Å². The number of hydrogen-bond donors (Lipinski definition) is 1. The fraction of sp³-hybridized carbons (Fsp3) is 0.235. The van der Waals surface area contributed by atoms with Crippen molar-refractivity contribution < 1.29 is 23.4 Å². The van der Waals surface area contributed by atoms with E-state index in [9.17, 15) is 9.18 Å². The van der Waals surface area contributed by atoms with Crippen LogP contribution < -0.4 is 14.8 Å². The van der Waals surface area contributed by atoms with Crippen LogP contribution in [0.2, 0.25) is 0 Å². The molecule has 0 aromatic heterocycles. The second kappa shape index (κ2) is 5.79. The molecule has 0 spiro atoms. The number of rotatable bonds is 4. The van der Waals surface area contributed by atoms with E-state index in [0.29, 0.717) is 17.1 Å². The highest BCUT2D eigenvalue weighted by Gasteiger charge is 2.36. The highest BCUT2D eigenvalue weighted by molar-refractivity contribution is 5.98. The number of carbonyl (C=O) groups is 1. The highest BCUT2D eigenvalue weighted by atomic mass is 19.1. The number of carbonyl (C=O) groups excluding carboxylic acids is 1. The van der Waals surface area contributed by atoms with E-state index in [0.717, 1.165) is 5.56 Å². The molecule has 0 radical (unpaired) electrons. The smallest absolute Gasteiger partial charge is 0.344 e. The van der Waals surface area contributed by atoms with Crippen LogP contribution in [0.5, 0.6) is 11.5 Å². The fourth-order valence-corrected chi connectivity index (χ4v) is 2.60. The standard InChI is InChI=1S/C17H16FNO4/c1-9-4-6-11(18)12(8-9)19-16-10-5-7-13(21-2)15(22-3)14(10)17(20)23-16/h4-8,16,19H,1-3H3/t16-/m0/s1. The molecule has 1 N–H and O–H groups in total. The molecule has 2 aromatic rings. The Balaban J connectivity index is 2.00. The lowest BCUT2D eigenvalue weighted by Crippen LogP contribution is -2.11. The number of hydrogen-bond acceptors (Lipinski definition) is 5. The summed E-state index contributed by atoms with van der Waals surface area (Å²) in [7, 11) is 2.94. The van der Waals surface area contributed by atoms with E-state index in [1.54, 1.807) is 24.3 Å². The molecule has 0 saturated heterocycles. The van der Waals surface area contributed by atoms with Crippen LogP contribution in [-0.2, 0) is 4.74 Å². The van der Waals surface area contributed by atoms with Gasteiger partial charge in [-0.05, 0) is 36.8 Å². The van der Waals surface area contributed by atoms with Gasteiger partial charge >= 0.3 is 5.97 Å². The Hall–Kier alpha value is -2.76. The maximum absolute atomic E-state index is 13.9. The average molecular weight is 317 g/mol. The maximum Gasteiger partial charge on any atom is 0.344 e. The summed E-state index contributed by atoms with van der Waals surface area (Å²) in [6.07, 6.45) is -0.784. The summed E-state index contributed by atoms with van der Waals surface area (Å²) >= 11 is 0. The van der Waals surface area contributed by atoms with Crippen LogP contribution in [0.1, 0.15) is 27.7 Å². The van der Waals surface area contributed by atoms with Crippen molar-refractivity contribution in [1.82, 2.24) is 0 Å². The summed E-state index contributed by atoms with van der Waals surface area (Å²) in [6.45, 7) is 1.85. The Bertz CT molecular complexity index is 775. The van der Waals surface area contributed by atoms with Crippen LogP contribution in [0.15, 0.2) is 30.3 Å². The van der Waals surface area contributed by atoms with Crippen LogP contribution >= 0.6 is 0 Å². The van der Waals surface area contributed by atoms with Gasteiger partial charge in [0.2, 0.25) is 6.23 Å². The summed E-state index contributed by atoms with van der Waals surface area (Å²) in [4.78, 5) is 12.2. The van der Waals surface area contributed by atoms with Gasteiger partial charge in [-0.1, -0.05) is 6.07 Å². The van der Waals surface area contributed by atoms with Crippen molar-refractivity contribution in [2.24, 2.45) is 0 Å². The third kappa shape index (κ3) is 2.56. The highest BCUT2D eigenvalue weighted by Crippen LogP contribution is 2.42. The summed E-state index contributed by atoms with van der Waals surface area (Å²) in [5.74, 6) is -0.212. The van der Waals surface area contributed by atoms with Crippen molar-refractivity contribution in [1.29, 1.82) is 0 Å². The Morgan fingerprint density at radius 3 is 2.65 bits per heavy atom. The molecule has 0 saturated carbocycles. The van der Waals surface area contributed by atoms with Gasteiger partial charge in [-0.15, -0.1) is 0 Å². The molecule has 0 aliphatic carbocycles. The minimum absolute atomic E-state index is 0.269. The first-order chi connectivity index (χ1) is 11.0. The molecular weight excluding hydrogens is 301 g/mol. The van der Waals surface area contributed by atoms with Crippen molar-refractivity contribution >= 4 is 11.7 Å². The van der Waals surface area contributed by atoms with E-state index in [4.69, 9.17) is 14.2 Å². The molecular formula is C17H16FNO4. The second-order valence-corrected chi connectivity index (χ2v) is 5.18. The number of halogens is 1. The molecule has 1 atom stereocenters. The van der Waals surface area contributed by atoms with Gasteiger partial charge in [-0.25, -0.2) is 9.18 Å². The van der Waals surface area contributed by atoms with Crippen LogP contribution in [0.3, 0.4) is 0 Å². The minimum atomic E-state index is -0.784. The van der Waals surface area contributed by atoms with Crippen LogP contribution in [0.4, 0.5) is 10.1 Å². The lowest BCUT2D eigenvalue weighted by molar-refractivity contribution is 0.0434. The molecule has 0 unspecified atom stereocenters. The van der Waals surface area contributed by atoms with E-state index < -0.39 is 18.0 Å². The molecule has 2 aromatic carbocycles. The molecule has 5 nitrogen and oxygen atoms in total. The first-order valence-corrected chi connectivity index (χ1v) is 7.03. The number of benzene rings is 2. The molecule has 3 rings (SSSR count). The molecule has 1 aliphatic rings. The number of ether oxygens (including phenoxy) is 3. The van der Waals surface area contributed by atoms with Gasteiger partial charge in [0.1, 0.15) is 11.4 Å². The number of cyclic esters (lactones) is 1. The fourth-order valence-electron chi connectivity index (χ4n) is 2.60. The molecule has 0 bridgehead atoms. The maximum atomic E-state index is 13.9. The van der Waals surface area contributed by atoms with Gasteiger partial charge in [-0.2, -0.15) is 0 Å². The summed E-state index contributed by atoms with van der Waals surface area (Å²) < 4.78 is 29.7. The topological polar surface area (TPSA) is 56.8 Å². The first-order valence-electron chi connectivity index (χ1n) is 7.03. The molecule has 6 heteroatoms. The summed E-state index contributed by atoms with van der Waals surface area (Å²) in [6, 6.07) is 8.07. The number of anilines is 1. The van der Waals surface area contributed by atoms with E-state index in [1.807, 2.05) is 6.92 Å². The monoisotopic (exact) mass is 317 g/mol. The van der Waals surface area contributed by atoms with E-state index >= 15 is 0 Å². The molecule has 0 amide bonds. The van der Waals surface area contributed by atoms with Crippen LogP contribution in [-0.4, -0.2) is 20.2 Å². The number of nitrogens with one attached hydrogen (secondary N) is 1. The summed E-state index contributed by atoms with van der Waals surface area (Å²) in [5.41, 5.74) is 2.03. The Morgan fingerprint density at radius 2 is 1.96 bits per heavy atom. The lowest BCUT2D eigenvalue weighted by atomic mass is 10.1. The van der Waals surface area contributed by atoms with E-state index in [-0.39, 0.29) is 11.3 Å². The number of aryl methyl sites for hydroxylation is 1. The molecule has 120 valence electrons. The van der Waals surface area contributed by atoms with Crippen molar-refractivity contribution in [2.75, 3.05) is 19.5 Å². The molecule has 0 fully saturated rings. The predicted molar refractivity (Wildman–Crippen MR) is 82.5 cm³/mol. The minimum Gasteiger partial charge on any atom is -0.493 e. The molecule has 1 aliphatic heterocycles. The van der Waals surface area contributed by atoms with Crippen molar-refractivity contribution in [3.8, 4) is 11.5 Å². The zero-order chi connectivity index (χ0) is 16.6. The SMILES string of the molecule is COc1ccc2c(c1OC)C(=O)O[C@@H]2Nc1cc(C)ccc1F. The molecule has 23 heavy (non-hydrogen) atoms. The third-order valence-corrected chi connectivity index (χ3v) is 3.70. The quantitative estimate of drug-likeness (QED) is 0.876. The van der Waals surface area contributed by atoms with Crippen molar-refractivity contribution in [3.05, 3.63) is 52.8 Å². The van der Waals surface area contributed by atoms with E-state index in [2.05, 4.69) is 5.32 Å². The van der Waals surface area contributed by atoms with Gasteiger partial charge in [0, 0.05) is 5.56 Å².